The predicted molar refractivity (Wildman–Crippen MR) is 73.6 cm³/mol. The van der Waals surface area contributed by atoms with E-state index in [1.807, 2.05) is 0 Å². The second kappa shape index (κ2) is 5.26. The van der Waals surface area contributed by atoms with Gasteiger partial charge in [0.25, 0.3) is 0 Å². The van der Waals surface area contributed by atoms with E-state index in [2.05, 4.69) is 20.9 Å². The van der Waals surface area contributed by atoms with Crippen molar-refractivity contribution in [3.8, 4) is 0 Å². The Balaban J connectivity index is 2.40. The first-order valence-electron chi connectivity index (χ1n) is 5.26. The fraction of sp³-hybridized carbons (Fsp3) is 0.0833. The van der Waals surface area contributed by atoms with E-state index in [1.165, 1.54) is 30.6 Å². The van der Waals surface area contributed by atoms with Crippen LogP contribution in [0.15, 0.2) is 46.0 Å². The van der Waals surface area contributed by atoms with Crippen LogP contribution in [0.1, 0.15) is 5.56 Å². The second-order valence-corrected chi connectivity index (χ2v) is 6.78. The highest BCUT2D eigenvalue weighted by Crippen LogP contribution is 2.23. The molecule has 0 bridgehead atoms. The summed E-state index contributed by atoms with van der Waals surface area (Å²) in [6, 6.07) is 5.54. The lowest BCUT2D eigenvalue weighted by Gasteiger charge is -2.08. The summed E-state index contributed by atoms with van der Waals surface area (Å²) in [5.74, 6) is -1.02. The smallest absolute Gasteiger partial charge is 0.184 e. The largest absolute Gasteiger partial charge is 0.396 e. The number of nitrogens with two attached hydrogens (primary N) is 1. The summed E-state index contributed by atoms with van der Waals surface area (Å²) in [5.41, 5.74) is 5.73. The molecule has 2 aromatic rings. The molecule has 2 N–H and O–H groups in total. The van der Waals surface area contributed by atoms with Gasteiger partial charge in [-0.3, -0.25) is 4.98 Å². The number of hydrogen-bond acceptors (Lipinski definition) is 4. The minimum Gasteiger partial charge on any atom is -0.396 e. The molecule has 1 aromatic carbocycles. The number of halogens is 2. The molecule has 0 saturated carbocycles. The Hall–Kier alpha value is -1.47. The lowest BCUT2D eigenvalue weighted by Crippen LogP contribution is -2.09. The molecule has 0 aliphatic rings. The Labute approximate surface area is 118 Å². The zero-order valence-corrected chi connectivity index (χ0v) is 12.1. The van der Waals surface area contributed by atoms with Gasteiger partial charge in [0, 0.05) is 16.2 Å². The molecule has 100 valence electrons. The van der Waals surface area contributed by atoms with Crippen LogP contribution < -0.4 is 5.73 Å². The van der Waals surface area contributed by atoms with Gasteiger partial charge in [-0.15, -0.1) is 0 Å². The molecule has 0 unspecified atom stereocenters. The Morgan fingerprint density at radius 2 is 2.05 bits per heavy atom. The average molecular weight is 345 g/mol. The van der Waals surface area contributed by atoms with Crippen molar-refractivity contribution in [1.82, 2.24) is 4.98 Å². The van der Waals surface area contributed by atoms with Crippen molar-refractivity contribution < 1.29 is 12.8 Å². The first-order chi connectivity index (χ1) is 8.90. The summed E-state index contributed by atoms with van der Waals surface area (Å²) in [7, 11) is -3.70. The molecule has 1 aromatic heterocycles. The van der Waals surface area contributed by atoms with Gasteiger partial charge in [0.2, 0.25) is 0 Å². The molecule has 0 spiro atoms. The Kier molecular flexibility index (Phi) is 3.86. The first-order valence-corrected chi connectivity index (χ1v) is 7.71. The van der Waals surface area contributed by atoms with Crippen LogP contribution in [0, 0.1) is 5.82 Å². The zero-order chi connectivity index (χ0) is 14.0. The van der Waals surface area contributed by atoms with Crippen LogP contribution >= 0.6 is 15.9 Å². The maximum absolute atomic E-state index is 13.7. The van der Waals surface area contributed by atoms with Gasteiger partial charge in [-0.2, -0.15) is 0 Å². The van der Waals surface area contributed by atoms with Gasteiger partial charge in [-0.05, 0) is 18.2 Å². The Morgan fingerprint density at radius 3 is 2.68 bits per heavy atom. The molecule has 0 atom stereocenters. The normalized spacial score (nSPS) is 11.5. The molecule has 19 heavy (non-hydrogen) atoms. The lowest BCUT2D eigenvalue weighted by atomic mass is 10.2. The number of nitrogen functional groups attached to an aromatic ring is 1. The van der Waals surface area contributed by atoms with E-state index in [4.69, 9.17) is 5.73 Å². The van der Waals surface area contributed by atoms with Crippen LogP contribution in [-0.4, -0.2) is 13.4 Å². The maximum Gasteiger partial charge on any atom is 0.184 e. The van der Waals surface area contributed by atoms with Crippen molar-refractivity contribution >= 4 is 31.5 Å². The van der Waals surface area contributed by atoms with E-state index in [0.29, 0.717) is 4.47 Å². The van der Waals surface area contributed by atoms with E-state index in [9.17, 15) is 12.8 Å². The monoisotopic (exact) mass is 344 g/mol. The van der Waals surface area contributed by atoms with E-state index < -0.39 is 21.4 Å². The number of nitrogens with zero attached hydrogens (tertiary/aromatic N) is 1. The van der Waals surface area contributed by atoms with Crippen molar-refractivity contribution in [2.24, 2.45) is 0 Å². The minimum atomic E-state index is -3.70. The van der Waals surface area contributed by atoms with Gasteiger partial charge in [-0.1, -0.05) is 22.0 Å². The molecule has 0 saturated heterocycles. The van der Waals surface area contributed by atoms with Crippen molar-refractivity contribution in [3.05, 3.63) is 52.5 Å². The van der Waals surface area contributed by atoms with Crippen molar-refractivity contribution in [3.63, 3.8) is 0 Å². The topological polar surface area (TPSA) is 73.0 Å². The Morgan fingerprint density at radius 1 is 1.32 bits per heavy atom. The molecule has 0 radical (unpaired) electrons. The summed E-state index contributed by atoms with van der Waals surface area (Å²) < 4.78 is 38.6. The number of anilines is 1. The third kappa shape index (κ3) is 3.10. The van der Waals surface area contributed by atoms with Crippen LogP contribution in [0.4, 0.5) is 10.1 Å². The SMILES string of the molecule is Nc1cnccc1S(=O)(=O)Cc1ccc(Br)cc1F. The summed E-state index contributed by atoms with van der Waals surface area (Å²) in [6.07, 6.45) is 2.59. The molecule has 7 heteroatoms. The summed E-state index contributed by atoms with van der Waals surface area (Å²) in [5, 5.41) is 0. The Bertz CT molecular complexity index is 719. The third-order valence-corrected chi connectivity index (χ3v) is 4.73. The molecule has 0 fully saturated rings. The zero-order valence-electron chi connectivity index (χ0n) is 9.68. The highest BCUT2D eigenvalue weighted by atomic mass is 79.9. The number of aromatic nitrogens is 1. The third-order valence-electron chi connectivity index (χ3n) is 2.51. The lowest BCUT2D eigenvalue weighted by molar-refractivity contribution is 0.587. The van der Waals surface area contributed by atoms with Crippen LogP contribution in [0.2, 0.25) is 0 Å². The minimum absolute atomic E-state index is 0.0372. The highest BCUT2D eigenvalue weighted by molar-refractivity contribution is 9.10. The van der Waals surface area contributed by atoms with Crippen LogP contribution in [-0.2, 0) is 15.6 Å². The van der Waals surface area contributed by atoms with E-state index in [1.54, 1.807) is 6.07 Å². The molecule has 2 rings (SSSR count). The van der Waals surface area contributed by atoms with E-state index >= 15 is 0 Å². The van der Waals surface area contributed by atoms with Crippen LogP contribution in [0.3, 0.4) is 0 Å². The molecule has 0 aliphatic heterocycles. The fourth-order valence-corrected chi connectivity index (χ4v) is 3.41. The van der Waals surface area contributed by atoms with Gasteiger partial charge >= 0.3 is 0 Å². The number of pyridine rings is 1. The van der Waals surface area contributed by atoms with Gasteiger partial charge in [-0.25, -0.2) is 12.8 Å². The first kappa shape index (κ1) is 14.0. The predicted octanol–water partition coefficient (Wildman–Crippen LogP) is 2.54. The quantitative estimate of drug-likeness (QED) is 0.928. The van der Waals surface area contributed by atoms with Gasteiger partial charge in [0.05, 0.1) is 22.5 Å². The van der Waals surface area contributed by atoms with Crippen molar-refractivity contribution in [2.45, 2.75) is 10.6 Å². The van der Waals surface area contributed by atoms with Gasteiger partial charge in [0.15, 0.2) is 9.84 Å². The number of benzene rings is 1. The second-order valence-electron chi connectivity index (χ2n) is 3.91. The molecule has 0 amide bonds. The van der Waals surface area contributed by atoms with Gasteiger partial charge in [0.1, 0.15) is 5.82 Å². The van der Waals surface area contributed by atoms with Crippen LogP contribution in [0.5, 0.6) is 0 Å². The molecular weight excluding hydrogens is 335 g/mol. The molecule has 0 aliphatic carbocycles. The summed E-state index contributed by atoms with van der Waals surface area (Å²) in [4.78, 5) is 3.69. The van der Waals surface area contributed by atoms with Gasteiger partial charge < -0.3 is 5.73 Å². The summed E-state index contributed by atoms with van der Waals surface area (Å²) in [6.45, 7) is 0. The highest BCUT2D eigenvalue weighted by Gasteiger charge is 2.20. The average Bonchev–Trinajstić information content (AvgIpc) is 2.33. The van der Waals surface area contributed by atoms with Crippen molar-refractivity contribution in [2.75, 3.05) is 5.73 Å². The molecule has 4 nitrogen and oxygen atoms in total. The summed E-state index contributed by atoms with van der Waals surface area (Å²) >= 11 is 3.11. The standard InChI is InChI=1S/C12H10BrFN2O2S/c13-9-2-1-8(10(14)5-9)7-19(17,18)12-3-4-16-6-11(12)15/h1-6H,7,15H2. The molecule has 1 heterocycles. The number of rotatable bonds is 3. The molecular formula is C12H10BrFN2O2S. The van der Waals surface area contributed by atoms with E-state index in [-0.39, 0.29) is 16.1 Å². The maximum atomic E-state index is 13.7. The number of sulfone groups is 1. The van der Waals surface area contributed by atoms with Crippen molar-refractivity contribution in [1.29, 1.82) is 0 Å². The van der Waals surface area contributed by atoms with Crippen LogP contribution in [0.25, 0.3) is 0 Å². The number of hydrogen-bond donors (Lipinski definition) is 1. The fourth-order valence-electron chi connectivity index (χ4n) is 1.60. The van der Waals surface area contributed by atoms with E-state index in [0.717, 1.165) is 0 Å².